The Hall–Kier alpha value is -2.22. The number of hydrogen-bond acceptors (Lipinski definition) is 7. The minimum Gasteiger partial charge on any atom is -0.480 e. The second-order valence-electron chi connectivity index (χ2n) is 11.7. The van der Waals surface area contributed by atoms with Crippen LogP contribution in [0, 0.1) is 11.8 Å². The van der Waals surface area contributed by atoms with Crippen LogP contribution in [0.25, 0.3) is 0 Å². The minimum atomic E-state index is -1.75. The smallest absolute Gasteiger partial charge is 0.480 e. The monoisotopic (exact) mass is 720 g/mol. The highest BCUT2D eigenvalue weighted by atomic mass is 79.9. The van der Waals surface area contributed by atoms with Gasteiger partial charge >= 0.3 is 20.2 Å². The van der Waals surface area contributed by atoms with Crippen molar-refractivity contribution in [3.63, 3.8) is 0 Å². The molecule has 2 aliphatic carbocycles. The van der Waals surface area contributed by atoms with E-state index < -0.39 is 32.7 Å². The number of carboxylic acid groups (broad SMARTS) is 1. The van der Waals surface area contributed by atoms with Crippen molar-refractivity contribution >= 4 is 74.8 Å². The molecule has 10 nitrogen and oxygen atoms in total. The Balaban J connectivity index is 1.27. The number of hydrogen-bond donors (Lipinski definition) is 6. The summed E-state index contributed by atoms with van der Waals surface area (Å²) >= 11 is 6.60. The summed E-state index contributed by atoms with van der Waals surface area (Å²) in [5, 5.41) is 50.7. The summed E-state index contributed by atoms with van der Waals surface area (Å²) in [5.74, 6) is -0.749. The molecular weight excluding hydrogens is 686 g/mol. The number of halogens is 2. The SMILES string of the molecule is O=C(O)CN(C(=O)c1cc(Br)cc(B(O)O)c1)C1CCC(CC2CCC(NC(=O)c3cc(Br)cc(B(O)O)c3)CC2)CC1. The Morgan fingerprint density at radius 2 is 1.23 bits per heavy atom. The number of carbonyl (C=O) groups is 3. The average molecular weight is 722 g/mol. The molecule has 2 aromatic rings. The molecule has 2 aliphatic rings. The zero-order chi connectivity index (χ0) is 31.3. The number of aliphatic carboxylic acids is 1. The summed E-state index contributed by atoms with van der Waals surface area (Å²) in [4.78, 5) is 39.3. The van der Waals surface area contributed by atoms with Gasteiger partial charge in [-0.1, -0.05) is 31.9 Å². The molecule has 2 amide bonds. The van der Waals surface area contributed by atoms with E-state index in [0.717, 1.165) is 44.9 Å². The summed E-state index contributed by atoms with van der Waals surface area (Å²) in [6.07, 6.45) is 7.99. The summed E-state index contributed by atoms with van der Waals surface area (Å²) in [7, 11) is -3.41. The molecule has 0 saturated heterocycles. The van der Waals surface area contributed by atoms with Crippen molar-refractivity contribution < 1.29 is 39.6 Å². The second kappa shape index (κ2) is 15.2. The maximum absolute atomic E-state index is 13.4. The molecular formula is C29H36B2Br2N2O8. The van der Waals surface area contributed by atoms with E-state index in [1.807, 2.05) is 0 Å². The van der Waals surface area contributed by atoms with Crippen LogP contribution < -0.4 is 16.2 Å². The van der Waals surface area contributed by atoms with Crippen molar-refractivity contribution in [3.8, 4) is 0 Å². The lowest BCUT2D eigenvalue weighted by molar-refractivity contribution is -0.138. The van der Waals surface area contributed by atoms with Crippen molar-refractivity contribution in [3.05, 3.63) is 56.5 Å². The molecule has 0 radical (unpaired) electrons. The molecule has 2 aromatic carbocycles. The maximum atomic E-state index is 13.4. The number of amides is 2. The number of rotatable bonds is 10. The number of benzene rings is 2. The van der Waals surface area contributed by atoms with E-state index in [1.165, 1.54) is 23.1 Å². The zero-order valence-corrected chi connectivity index (χ0v) is 26.8. The molecule has 2 saturated carbocycles. The maximum Gasteiger partial charge on any atom is 0.488 e. The molecule has 0 heterocycles. The number of carboxylic acids is 1. The minimum absolute atomic E-state index is 0.0574. The third-order valence-electron chi connectivity index (χ3n) is 8.62. The highest BCUT2D eigenvalue weighted by Gasteiger charge is 2.33. The Kier molecular flexibility index (Phi) is 11.9. The van der Waals surface area contributed by atoms with Crippen LogP contribution in [0.15, 0.2) is 45.3 Å². The normalized spacial score (nSPS) is 22.0. The number of nitrogens with one attached hydrogen (secondary N) is 1. The van der Waals surface area contributed by atoms with Crippen LogP contribution in [0.5, 0.6) is 0 Å². The summed E-state index contributed by atoms with van der Waals surface area (Å²) in [5.41, 5.74) is 0.973. The lowest BCUT2D eigenvalue weighted by atomic mass is 9.75. The van der Waals surface area contributed by atoms with Crippen molar-refractivity contribution in [2.45, 2.75) is 69.9 Å². The molecule has 43 heavy (non-hydrogen) atoms. The fourth-order valence-corrected chi connectivity index (χ4v) is 7.45. The van der Waals surface area contributed by atoms with E-state index >= 15 is 0 Å². The van der Waals surface area contributed by atoms with Gasteiger partial charge in [-0.05, 0) is 117 Å². The standard InChI is InChI=1S/C29H36B2Br2N2O8/c32-23-12-19(10-21(14-23)30(40)41)28(38)34-25-5-1-17(2-6-25)9-18-3-7-26(8-4-18)35(16-27(36)37)29(39)20-11-22(31(42)43)15-24(33)13-20/h10-15,17-18,25-26,40-43H,1-9,16H2,(H,34,38)(H,36,37). The van der Waals surface area contributed by atoms with Crippen molar-refractivity contribution in [1.82, 2.24) is 10.2 Å². The quantitative estimate of drug-likeness (QED) is 0.203. The predicted molar refractivity (Wildman–Crippen MR) is 170 cm³/mol. The van der Waals surface area contributed by atoms with Crippen LogP contribution in [0.4, 0.5) is 0 Å². The van der Waals surface area contributed by atoms with Crippen molar-refractivity contribution in [2.75, 3.05) is 6.54 Å². The molecule has 0 aliphatic heterocycles. The third-order valence-corrected chi connectivity index (χ3v) is 9.53. The van der Waals surface area contributed by atoms with E-state index in [0.29, 0.717) is 39.2 Å². The van der Waals surface area contributed by atoms with Gasteiger partial charge < -0.3 is 35.4 Å². The van der Waals surface area contributed by atoms with Crippen LogP contribution in [0.1, 0.15) is 78.5 Å². The Bertz CT molecular complexity index is 1320. The van der Waals surface area contributed by atoms with Gasteiger partial charge in [0.2, 0.25) is 0 Å². The number of nitrogens with zero attached hydrogens (tertiary/aromatic N) is 1. The topological polar surface area (TPSA) is 168 Å². The lowest BCUT2D eigenvalue weighted by Gasteiger charge is -2.38. The Morgan fingerprint density at radius 1 is 0.744 bits per heavy atom. The second-order valence-corrected chi connectivity index (χ2v) is 13.6. The van der Waals surface area contributed by atoms with E-state index in [4.69, 9.17) is 0 Å². The van der Waals surface area contributed by atoms with Crippen molar-refractivity contribution in [1.29, 1.82) is 0 Å². The molecule has 0 aromatic heterocycles. The van der Waals surface area contributed by atoms with Gasteiger partial charge in [0.15, 0.2) is 0 Å². The Labute approximate surface area is 268 Å². The predicted octanol–water partition coefficient (Wildman–Crippen LogP) is 2.04. The van der Waals surface area contributed by atoms with Gasteiger partial charge in [-0.3, -0.25) is 14.4 Å². The average Bonchev–Trinajstić information content (AvgIpc) is 2.96. The van der Waals surface area contributed by atoms with Gasteiger partial charge in [0.1, 0.15) is 6.54 Å². The third kappa shape index (κ3) is 9.39. The highest BCUT2D eigenvalue weighted by molar-refractivity contribution is 9.10. The molecule has 6 N–H and O–H groups in total. The first-order valence-corrected chi connectivity index (χ1v) is 16.1. The molecule has 0 spiro atoms. The van der Waals surface area contributed by atoms with Crippen LogP contribution in [-0.4, -0.2) is 80.8 Å². The van der Waals surface area contributed by atoms with E-state index in [9.17, 15) is 39.6 Å². The fraction of sp³-hybridized carbons (Fsp3) is 0.483. The van der Waals surface area contributed by atoms with Crippen LogP contribution in [0.3, 0.4) is 0 Å². The van der Waals surface area contributed by atoms with E-state index in [2.05, 4.69) is 37.2 Å². The molecule has 2 fully saturated rings. The molecule has 4 rings (SSSR count). The highest BCUT2D eigenvalue weighted by Crippen LogP contribution is 2.37. The van der Waals surface area contributed by atoms with Crippen LogP contribution in [0.2, 0.25) is 0 Å². The first kappa shape index (κ1) is 33.7. The molecule has 0 unspecified atom stereocenters. The summed E-state index contributed by atoms with van der Waals surface area (Å²) in [6.45, 7) is -0.421. The summed E-state index contributed by atoms with van der Waals surface area (Å²) < 4.78 is 1.10. The Morgan fingerprint density at radius 3 is 1.74 bits per heavy atom. The van der Waals surface area contributed by atoms with Crippen molar-refractivity contribution in [2.24, 2.45) is 11.8 Å². The molecule has 14 heteroatoms. The largest absolute Gasteiger partial charge is 0.488 e. The van der Waals surface area contributed by atoms with Gasteiger partial charge in [0.25, 0.3) is 11.8 Å². The van der Waals surface area contributed by atoms with Gasteiger partial charge in [-0.2, -0.15) is 0 Å². The fourth-order valence-electron chi connectivity index (χ4n) is 6.43. The first-order valence-electron chi connectivity index (χ1n) is 14.6. The van der Waals surface area contributed by atoms with Gasteiger partial charge in [-0.25, -0.2) is 0 Å². The van der Waals surface area contributed by atoms with Crippen LogP contribution >= 0.6 is 31.9 Å². The van der Waals surface area contributed by atoms with Gasteiger partial charge in [-0.15, -0.1) is 0 Å². The van der Waals surface area contributed by atoms with E-state index in [1.54, 1.807) is 18.2 Å². The van der Waals surface area contributed by atoms with E-state index in [-0.39, 0.29) is 34.5 Å². The van der Waals surface area contributed by atoms with Gasteiger partial charge in [0, 0.05) is 32.2 Å². The van der Waals surface area contributed by atoms with Crippen LogP contribution in [-0.2, 0) is 4.79 Å². The molecule has 230 valence electrons. The summed E-state index contributed by atoms with van der Waals surface area (Å²) in [6, 6.07) is 8.98. The molecule has 0 atom stereocenters. The molecule has 0 bridgehead atoms. The number of carbonyl (C=O) groups excluding carboxylic acids is 2. The lowest BCUT2D eigenvalue weighted by Crippen LogP contribution is -2.45. The zero-order valence-electron chi connectivity index (χ0n) is 23.7. The first-order chi connectivity index (χ1) is 20.4. The van der Waals surface area contributed by atoms with Gasteiger partial charge in [0.05, 0.1) is 0 Å².